The summed E-state index contributed by atoms with van der Waals surface area (Å²) in [4.78, 5) is 9.82. The van der Waals surface area contributed by atoms with Crippen LogP contribution in [-0.2, 0) is 9.36 Å². The van der Waals surface area contributed by atoms with Crippen LogP contribution in [0.2, 0.25) is 0 Å². The smallest absolute Gasteiger partial charge is 0.303 e. The van der Waals surface area contributed by atoms with E-state index in [-0.39, 0.29) is 18.9 Å². The molecule has 0 bridgehead atoms. The Bertz CT molecular complexity index is 122. The monoisotopic (exact) mass is 152 g/mol. The van der Waals surface area contributed by atoms with E-state index in [1.807, 2.05) is 0 Å². The van der Waals surface area contributed by atoms with Gasteiger partial charge in [0.05, 0.1) is 12.8 Å². The highest BCUT2D eigenvalue weighted by atomic mass is 31.1. The van der Waals surface area contributed by atoms with Crippen LogP contribution in [0.1, 0.15) is 6.42 Å². The Kier molecular flexibility index (Phi) is 4.36. The van der Waals surface area contributed by atoms with Gasteiger partial charge in [0.1, 0.15) is 7.80 Å². The lowest BCUT2D eigenvalue weighted by atomic mass is 10.5. The summed E-state index contributed by atoms with van der Waals surface area (Å²) < 4.78 is 10.4. The zero-order chi connectivity index (χ0) is 7.28. The van der Waals surface area contributed by atoms with Crippen LogP contribution in [0.3, 0.4) is 0 Å². The minimum atomic E-state index is -2.00. The van der Waals surface area contributed by atoms with Gasteiger partial charge in [-0.25, -0.2) is 0 Å². The van der Waals surface area contributed by atoms with Crippen molar-refractivity contribution in [3.05, 3.63) is 0 Å². The van der Waals surface area contributed by atoms with Crippen molar-refractivity contribution in [3.8, 4) is 0 Å². The highest BCUT2D eigenvalue weighted by Gasteiger charge is 2.00. The first-order valence-electron chi connectivity index (χ1n) is 2.51. The van der Waals surface area contributed by atoms with Gasteiger partial charge in [-0.3, -0.25) is 4.79 Å². The number of carboxylic acids is 1. The maximum Gasteiger partial charge on any atom is 0.303 e. The molecular weight excluding hydrogens is 143 g/mol. The Hall–Kier alpha value is -0.340. The largest absolute Gasteiger partial charge is 0.481 e. The number of aliphatic carboxylic acids is 1. The topological polar surface area (TPSA) is 74.6 Å². The molecule has 0 saturated heterocycles. The first-order valence-corrected chi connectivity index (χ1v) is 4.33. The summed E-state index contributed by atoms with van der Waals surface area (Å²) in [5.74, 6) is -0.971. The molecule has 0 aromatic heterocycles. The number of carboxylic acid groups (broad SMARTS) is 1. The third kappa shape index (κ3) is 5.53. The van der Waals surface area contributed by atoms with Gasteiger partial charge in [-0.1, -0.05) is 0 Å². The number of carbonyl (C=O) groups is 1. The Morgan fingerprint density at radius 2 is 2.11 bits per heavy atom. The fourth-order valence-corrected chi connectivity index (χ4v) is 0.976. The van der Waals surface area contributed by atoms with E-state index in [2.05, 4.69) is 0 Å². The van der Waals surface area contributed by atoms with E-state index >= 15 is 0 Å². The molecule has 5 heteroatoms. The van der Waals surface area contributed by atoms with Gasteiger partial charge in [-0.2, -0.15) is 0 Å². The molecule has 0 fully saturated rings. The minimum absolute atomic E-state index is 0.108. The second kappa shape index (κ2) is 4.53. The predicted octanol–water partition coefficient (Wildman–Crippen LogP) is -0.0294. The normalized spacial score (nSPS) is 13.0. The molecule has 0 aromatic rings. The van der Waals surface area contributed by atoms with Crippen molar-refractivity contribution in [3.63, 3.8) is 0 Å². The zero-order valence-electron chi connectivity index (χ0n) is 4.83. The summed E-state index contributed by atoms with van der Waals surface area (Å²) in [5.41, 5.74) is 0. The van der Waals surface area contributed by atoms with E-state index in [0.29, 0.717) is 0 Å². The number of aliphatic hydroxyl groups is 1. The lowest BCUT2D eigenvalue weighted by Gasteiger charge is -1.91. The highest BCUT2D eigenvalue weighted by Crippen LogP contribution is 2.18. The molecule has 0 aliphatic heterocycles. The Balaban J connectivity index is 3.28. The summed E-state index contributed by atoms with van der Waals surface area (Å²) in [6.07, 6.45) is -0.382. The van der Waals surface area contributed by atoms with Crippen molar-refractivity contribution in [1.82, 2.24) is 0 Å². The standard InChI is InChI=1S/C4H9O4P/c5-3-9(8)2-1-4(6)7/h5,9H,1-3H2,(H,6,7). The third-order valence-corrected chi connectivity index (χ3v) is 1.95. The first-order chi connectivity index (χ1) is 4.16. The van der Waals surface area contributed by atoms with Crippen LogP contribution >= 0.6 is 7.80 Å². The average Bonchev–Trinajstić information content (AvgIpc) is 1.83. The minimum Gasteiger partial charge on any atom is -0.481 e. The van der Waals surface area contributed by atoms with Gasteiger partial charge in [0.15, 0.2) is 0 Å². The molecule has 1 unspecified atom stereocenters. The molecular formula is C4H9O4P. The molecule has 0 radical (unpaired) electrons. The van der Waals surface area contributed by atoms with Crippen LogP contribution in [0, 0.1) is 0 Å². The van der Waals surface area contributed by atoms with Gasteiger partial charge < -0.3 is 14.8 Å². The van der Waals surface area contributed by atoms with E-state index in [9.17, 15) is 9.36 Å². The lowest BCUT2D eigenvalue weighted by molar-refractivity contribution is -0.136. The van der Waals surface area contributed by atoms with Gasteiger partial charge in [-0.15, -0.1) is 0 Å². The molecule has 0 spiro atoms. The summed E-state index contributed by atoms with van der Waals surface area (Å²) in [5, 5.41) is 16.2. The fourth-order valence-electron chi connectivity index (χ4n) is 0.325. The van der Waals surface area contributed by atoms with Crippen molar-refractivity contribution in [2.45, 2.75) is 6.42 Å². The lowest BCUT2D eigenvalue weighted by Crippen LogP contribution is -1.96. The zero-order valence-corrected chi connectivity index (χ0v) is 5.83. The van der Waals surface area contributed by atoms with Gasteiger partial charge in [-0.05, 0) is 0 Å². The molecule has 0 amide bonds. The molecule has 54 valence electrons. The van der Waals surface area contributed by atoms with Gasteiger partial charge in [0, 0.05) is 6.16 Å². The Labute approximate surface area is 53.3 Å². The summed E-state index contributed by atoms with van der Waals surface area (Å²) in [6, 6.07) is 0. The number of hydrogen-bond donors (Lipinski definition) is 2. The van der Waals surface area contributed by atoms with Gasteiger partial charge in [0.2, 0.25) is 0 Å². The maximum absolute atomic E-state index is 10.4. The molecule has 0 saturated carbocycles. The molecule has 9 heavy (non-hydrogen) atoms. The number of rotatable bonds is 4. The van der Waals surface area contributed by atoms with Crippen molar-refractivity contribution < 1.29 is 19.6 Å². The summed E-state index contributed by atoms with van der Waals surface area (Å²) in [6.45, 7) is 0. The van der Waals surface area contributed by atoms with Crippen LogP contribution in [0.5, 0.6) is 0 Å². The van der Waals surface area contributed by atoms with Crippen LogP contribution in [0.25, 0.3) is 0 Å². The molecule has 0 heterocycles. The summed E-state index contributed by atoms with van der Waals surface area (Å²) in [7, 11) is -2.00. The van der Waals surface area contributed by atoms with E-state index in [1.54, 1.807) is 0 Å². The highest BCUT2D eigenvalue weighted by molar-refractivity contribution is 7.44. The number of hydrogen-bond acceptors (Lipinski definition) is 3. The van der Waals surface area contributed by atoms with Crippen LogP contribution in [0.4, 0.5) is 0 Å². The van der Waals surface area contributed by atoms with E-state index < -0.39 is 13.8 Å². The van der Waals surface area contributed by atoms with Gasteiger partial charge in [0.25, 0.3) is 0 Å². The SMILES string of the molecule is O=C(O)CC[PH](=O)CO. The van der Waals surface area contributed by atoms with E-state index in [0.717, 1.165) is 0 Å². The van der Waals surface area contributed by atoms with Gasteiger partial charge >= 0.3 is 5.97 Å². The quantitative estimate of drug-likeness (QED) is 0.554. The van der Waals surface area contributed by atoms with Crippen molar-refractivity contribution in [2.75, 3.05) is 12.5 Å². The third-order valence-electron chi connectivity index (χ3n) is 0.794. The molecule has 2 N–H and O–H groups in total. The predicted molar refractivity (Wildman–Crippen MR) is 33.2 cm³/mol. The fraction of sp³-hybridized carbons (Fsp3) is 0.750. The molecule has 0 aliphatic rings. The Morgan fingerprint density at radius 3 is 2.44 bits per heavy atom. The molecule has 4 nitrogen and oxygen atoms in total. The molecule has 0 aromatic carbocycles. The van der Waals surface area contributed by atoms with Crippen LogP contribution in [-0.4, -0.2) is 28.7 Å². The maximum atomic E-state index is 10.4. The number of aliphatic hydroxyl groups excluding tert-OH is 1. The molecule has 1 atom stereocenters. The van der Waals surface area contributed by atoms with E-state index in [4.69, 9.17) is 10.2 Å². The van der Waals surface area contributed by atoms with E-state index in [1.165, 1.54) is 0 Å². The van der Waals surface area contributed by atoms with Crippen molar-refractivity contribution >= 4 is 13.8 Å². The summed E-state index contributed by atoms with van der Waals surface area (Å²) >= 11 is 0. The first kappa shape index (κ1) is 8.66. The Morgan fingerprint density at radius 1 is 1.56 bits per heavy atom. The van der Waals surface area contributed by atoms with Crippen molar-refractivity contribution in [2.24, 2.45) is 0 Å². The van der Waals surface area contributed by atoms with Crippen LogP contribution in [0.15, 0.2) is 0 Å². The van der Waals surface area contributed by atoms with Crippen molar-refractivity contribution in [1.29, 1.82) is 0 Å². The second-order valence-corrected chi connectivity index (χ2v) is 3.48. The average molecular weight is 152 g/mol. The molecule has 0 aliphatic carbocycles. The molecule has 0 rings (SSSR count). The second-order valence-electron chi connectivity index (χ2n) is 1.59. The van der Waals surface area contributed by atoms with Crippen LogP contribution < -0.4 is 0 Å².